The number of benzene rings is 1. The average molecular weight is 302 g/mol. The third kappa shape index (κ3) is 3.54. The molecule has 7 heteroatoms. The quantitative estimate of drug-likeness (QED) is 0.807. The first-order valence-electron chi connectivity index (χ1n) is 5.93. The van der Waals surface area contributed by atoms with Crippen LogP contribution in [0.2, 0.25) is 0 Å². The second-order valence-corrected chi connectivity index (χ2v) is 6.15. The van der Waals surface area contributed by atoms with Gasteiger partial charge in [0, 0.05) is 13.6 Å². The van der Waals surface area contributed by atoms with Crippen molar-refractivity contribution in [2.75, 3.05) is 20.1 Å². The summed E-state index contributed by atoms with van der Waals surface area (Å²) in [5, 5.41) is 2.91. The van der Waals surface area contributed by atoms with Gasteiger partial charge in [0.1, 0.15) is 4.90 Å². The SMILES string of the molecule is C#CCN(C)S(=O)(=O)c1cc(CNCC)cc(F)c1F. The molecule has 0 amide bonds. The fourth-order valence-electron chi connectivity index (χ4n) is 1.56. The van der Waals surface area contributed by atoms with Gasteiger partial charge in [0.05, 0.1) is 6.54 Å². The lowest BCUT2D eigenvalue weighted by Crippen LogP contribution is -2.28. The maximum atomic E-state index is 13.7. The third-order valence-electron chi connectivity index (χ3n) is 2.64. The Morgan fingerprint density at radius 2 is 2.05 bits per heavy atom. The number of sulfonamides is 1. The van der Waals surface area contributed by atoms with Crippen LogP contribution in [-0.4, -0.2) is 32.9 Å². The van der Waals surface area contributed by atoms with Crippen molar-refractivity contribution in [3.63, 3.8) is 0 Å². The van der Waals surface area contributed by atoms with E-state index in [1.54, 1.807) is 0 Å². The Hall–Kier alpha value is -1.49. The lowest BCUT2D eigenvalue weighted by atomic mass is 10.2. The van der Waals surface area contributed by atoms with Gasteiger partial charge in [0.2, 0.25) is 10.0 Å². The van der Waals surface area contributed by atoms with E-state index in [9.17, 15) is 17.2 Å². The van der Waals surface area contributed by atoms with Crippen LogP contribution in [-0.2, 0) is 16.6 Å². The van der Waals surface area contributed by atoms with Crippen molar-refractivity contribution in [3.8, 4) is 12.3 Å². The van der Waals surface area contributed by atoms with Gasteiger partial charge < -0.3 is 5.32 Å². The van der Waals surface area contributed by atoms with Gasteiger partial charge in [-0.15, -0.1) is 6.42 Å². The van der Waals surface area contributed by atoms with Crippen molar-refractivity contribution in [2.45, 2.75) is 18.4 Å². The molecule has 0 heterocycles. The summed E-state index contributed by atoms with van der Waals surface area (Å²) in [4.78, 5) is -0.705. The number of halogens is 2. The van der Waals surface area contributed by atoms with Gasteiger partial charge in [-0.05, 0) is 24.2 Å². The molecule has 0 radical (unpaired) electrons. The van der Waals surface area contributed by atoms with E-state index >= 15 is 0 Å². The van der Waals surface area contributed by atoms with Crippen molar-refractivity contribution in [1.82, 2.24) is 9.62 Å². The first kappa shape index (κ1) is 16.6. The minimum absolute atomic E-state index is 0.221. The first-order valence-corrected chi connectivity index (χ1v) is 7.37. The van der Waals surface area contributed by atoms with Crippen molar-refractivity contribution in [2.24, 2.45) is 0 Å². The van der Waals surface area contributed by atoms with E-state index < -0.39 is 26.6 Å². The van der Waals surface area contributed by atoms with E-state index in [0.29, 0.717) is 12.1 Å². The second-order valence-electron chi connectivity index (χ2n) is 4.14. The van der Waals surface area contributed by atoms with Crippen LogP contribution in [0.1, 0.15) is 12.5 Å². The van der Waals surface area contributed by atoms with Crippen LogP contribution in [0.3, 0.4) is 0 Å². The highest BCUT2D eigenvalue weighted by atomic mass is 32.2. The van der Waals surface area contributed by atoms with E-state index in [4.69, 9.17) is 6.42 Å². The van der Waals surface area contributed by atoms with Crippen LogP contribution in [0, 0.1) is 24.0 Å². The Morgan fingerprint density at radius 3 is 2.60 bits per heavy atom. The summed E-state index contributed by atoms with van der Waals surface area (Å²) in [6, 6.07) is 2.08. The Labute approximate surface area is 117 Å². The molecule has 0 aliphatic heterocycles. The Bertz CT molecular complexity index is 624. The minimum atomic E-state index is -4.15. The molecule has 110 valence electrons. The fraction of sp³-hybridized carbons (Fsp3) is 0.385. The van der Waals surface area contributed by atoms with Gasteiger partial charge >= 0.3 is 0 Å². The number of nitrogens with one attached hydrogen (secondary N) is 1. The van der Waals surface area contributed by atoms with E-state index in [1.807, 2.05) is 6.92 Å². The zero-order chi connectivity index (χ0) is 15.3. The van der Waals surface area contributed by atoms with Crippen LogP contribution >= 0.6 is 0 Å². The number of nitrogens with zero attached hydrogens (tertiary/aromatic N) is 1. The molecule has 0 aliphatic carbocycles. The summed E-state index contributed by atoms with van der Waals surface area (Å²) in [5.74, 6) is -0.451. The first-order chi connectivity index (χ1) is 9.34. The van der Waals surface area contributed by atoms with Crippen LogP contribution in [0.15, 0.2) is 17.0 Å². The van der Waals surface area contributed by atoms with Crippen LogP contribution in [0.25, 0.3) is 0 Å². The van der Waals surface area contributed by atoms with Gasteiger partial charge in [0.25, 0.3) is 0 Å². The molecule has 0 aromatic heterocycles. The molecule has 1 rings (SSSR count). The monoisotopic (exact) mass is 302 g/mol. The number of rotatable bonds is 6. The number of terminal acetylenes is 1. The Balaban J connectivity index is 3.29. The summed E-state index contributed by atoms with van der Waals surface area (Å²) in [7, 11) is -2.94. The molecule has 0 saturated heterocycles. The largest absolute Gasteiger partial charge is 0.313 e. The van der Waals surface area contributed by atoms with Crippen LogP contribution < -0.4 is 5.32 Å². The standard InChI is InChI=1S/C13H16F2N2O2S/c1-4-6-17(3)20(18,19)12-8-10(9-16-5-2)7-11(14)13(12)15/h1,7-8,16H,5-6,9H2,2-3H3. The average Bonchev–Trinajstić information content (AvgIpc) is 2.39. The molecule has 20 heavy (non-hydrogen) atoms. The molecule has 0 atom stereocenters. The maximum absolute atomic E-state index is 13.7. The predicted octanol–water partition coefficient (Wildman–Crippen LogP) is 1.33. The Kier molecular flexibility index (Phi) is 5.62. The summed E-state index contributed by atoms with van der Waals surface area (Å²) in [5.41, 5.74) is 0.346. The molecule has 0 bridgehead atoms. The van der Waals surface area contributed by atoms with E-state index in [0.717, 1.165) is 16.4 Å². The Morgan fingerprint density at radius 1 is 1.40 bits per heavy atom. The highest BCUT2D eigenvalue weighted by Gasteiger charge is 2.26. The van der Waals surface area contributed by atoms with Gasteiger partial charge in [-0.25, -0.2) is 17.2 Å². The normalized spacial score (nSPS) is 11.6. The molecular weight excluding hydrogens is 286 g/mol. The van der Waals surface area contributed by atoms with Crippen molar-refractivity contribution >= 4 is 10.0 Å². The van der Waals surface area contributed by atoms with Crippen molar-refractivity contribution < 1.29 is 17.2 Å². The highest BCUT2D eigenvalue weighted by Crippen LogP contribution is 2.22. The molecule has 0 unspecified atom stereocenters. The number of hydrogen-bond acceptors (Lipinski definition) is 3. The molecule has 0 fully saturated rings. The molecule has 1 aromatic rings. The minimum Gasteiger partial charge on any atom is -0.313 e. The molecule has 0 saturated carbocycles. The van der Waals surface area contributed by atoms with Crippen LogP contribution in [0.5, 0.6) is 0 Å². The second kappa shape index (κ2) is 6.79. The molecule has 0 aliphatic rings. The van der Waals surface area contributed by atoms with E-state index in [1.165, 1.54) is 7.05 Å². The van der Waals surface area contributed by atoms with Gasteiger partial charge in [-0.1, -0.05) is 12.8 Å². The number of hydrogen-bond donors (Lipinski definition) is 1. The maximum Gasteiger partial charge on any atom is 0.246 e. The molecule has 0 spiro atoms. The highest BCUT2D eigenvalue weighted by molar-refractivity contribution is 7.89. The molecule has 1 aromatic carbocycles. The van der Waals surface area contributed by atoms with Gasteiger partial charge in [0.15, 0.2) is 11.6 Å². The van der Waals surface area contributed by atoms with Gasteiger partial charge in [-0.3, -0.25) is 0 Å². The lowest BCUT2D eigenvalue weighted by molar-refractivity contribution is 0.464. The zero-order valence-electron chi connectivity index (χ0n) is 11.3. The predicted molar refractivity (Wildman–Crippen MR) is 72.4 cm³/mol. The van der Waals surface area contributed by atoms with Gasteiger partial charge in [-0.2, -0.15) is 4.31 Å². The van der Waals surface area contributed by atoms with Crippen LogP contribution in [0.4, 0.5) is 8.78 Å². The zero-order valence-corrected chi connectivity index (χ0v) is 12.1. The van der Waals surface area contributed by atoms with E-state index in [-0.39, 0.29) is 13.1 Å². The topological polar surface area (TPSA) is 49.4 Å². The summed E-state index contributed by atoms with van der Waals surface area (Å²) in [6.07, 6.45) is 5.03. The van der Waals surface area contributed by atoms with E-state index in [2.05, 4.69) is 11.2 Å². The lowest BCUT2D eigenvalue weighted by Gasteiger charge is -2.16. The van der Waals surface area contributed by atoms with Crippen molar-refractivity contribution in [3.05, 3.63) is 29.3 Å². The smallest absolute Gasteiger partial charge is 0.246 e. The van der Waals surface area contributed by atoms with Crippen molar-refractivity contribution in [1.29, 1.82) is 0 Å². The summed E-state index contributed by atoms with van der Waals surface area (Å²) < 4.78 is 52.3. The molecule has 4 nitrogen and oxygen atoms in total. The third-order valence-corrected chi connectivity index (χ3v) is 4.44. The molecular formula is C13H16F2N2O2S. The summed E-state index contributed by atoms with van der Waals surface area (Å²) in [6.45, 7) is 2.49. The summed E-state index contributed by atoms with van der Waals surface area (Å²) >= 11 is 0. The molecule has 1 N–H and O–H groups in total. The fourth-order valence-corrected chi connectivity index (χ4v) is 2.76.